The summed E-state index contributed by atoms with van der Waals surface area (Å²) in [5, 5.41) is 5.40. The van der Waals surface area contributed by atoms with E-state index in [2.05, 4.69) is 20.6 Å². The number of carbonyl (C=O) groups is 1. The van der Waals surface area contributed by atoms with Crippen molar-refractivity contribution < 1.29 is 4.79 Å². The molecule has 1 aromatic heterocycles. The zero-order chi connectivity index (χ0) is 12.4. The van der Waals surface area contributed by atoms with Crippen molar-refractivity contribution >= 4 is 22.8 Å². The average Bonchev–Trinajstić information content (AvgIpc) is 2.55. The lowest BCUT2D eigenvalue weighted by Gasteiger charge is -2.09. The standard InChI is InChI=1S/C11H14N4O2/c1-6(2)12-10(16)13-7-3-4-8-9(5-7)15-11(17)14-8/h3-6H,1-2H3,(H2,12,13,16)(H2,14,15,17). The first kappa shape index (κ1) is 11.3. The van der Waals surface area contributed by atoms with E-state index in [0.29, 0.717) is 16.7 Å². The minimum Gasteiger partial charge on any atom is -0.336 e. The van der Waals surface area contributed by atoms with Crippen molar-refractivity contribution in [2.75, 3.05) is 5.32 Å². The summed E-state index contributed by atoms with van der Waals surface area (Å²) < 4.78 is 0. The van der Waals surface area contributed by atoms with E-state index in [0.717, 1.165) is 0 Å². The van der Waals surface area contributed by atoms with Crippen molar-refractivity contribution in [1.29, 1.82) is 0 Å². The number of H-pyrrole nitrogens is 2. The van der Waals surface area contributed by atoms with Crippen molar-refractivity contribution in [3.63, 3.8) is 0 Å². The molecule has 0 aliphatic carbocycles. The molecule has 90 valence electrons. The number of imidazole rings is 1. The normalized spacial score (nSPS) is 10.8. The number of benzene rings is 1. The van der Waals surface area contributed by atoms with Crippen LogP contribution in [0.4, 0.5) is 10.5 Å². The number of hydrogen-bond donors (Lipinski definition) is 4. The predicted octanol–water partition coefficient (Wildman–Crippen LogP) is 1.39. The molecule has 0 atom stereocenters. The number of carbonyl (C=O) groups excluding carboxylic acids is 1. The Balaban J connectivity index is 2.19. The van der Waals surface area contributed by atoms with Gasteiger partial charge in [-0.2, -0.15) is 0 Å². The van der Waals surface area contributed by atoms with Crippen LogP contribution in [0.15, 0.2) is 23.0 Å². The van der Waals surface area contributed by atoms with Gasteiger partial charge < -0.3 is 20.6 Å². The number of amides is 2. The lowest BCUT2D eigenvalue weighted by molar-refractivity contribution is 0.250. The molecular formula is C11H14N4O2. The molecule has 0 aliphatic rings. The maximum Gasteiger partial charge on any atom is 0.323 e. The van der Waals surface area contributed by atoms with E-state index in [1.54, 1.807) is 18.2 Å². The Morgan fingerprint density at radius 1 is 1.24 bits per heavy atom. The van der Waals surface area contributed by atoms with E-state index >= 15 is 0 Å². The number of rotatable bonds is 2. The monoisotopic (exact) mass is 234 g/mol. The zero-order valence-electron chi connectivity index (χ0n) is 9.63. The van der Waals surface area contributed by atoms with Gasteiger partial charge in [-0.05, 0) is 32.0 Å². The van der Waals surface area contributed by atoms with Crippen LogP contribution in [0.3, 0.4) is 0 Å². The maximum atomic E-state index is 11.5. The van der Waals surface area contributed by atoms with Gasteiger partial charge in [0.25, 0.3) is 0 Å². The molecule has 6 heteroatoms. The first-order valence-corrected chi connectivity index (χ1v) is 5.34. The SMILES string of the molecule is CC(C)NC(=O)Nc1ccc2[nH]c(=O)[nH]c2c1. The highest BCUT2D eigenvalue weighted by Crippen LogP contribution is 2.14. The third-order valence-corrected chi connectivity index (χ3v) is 2.19. The number of aromatic nitrogens is 2. The summed E-state index contributed by atoms with van der Waals surface area (Å²) >= 11 is 0. The Bertz CT molecular complexity index is 597. The largest absolute Gasteiger partial charge is 0.336 e. The van der Waals surface area contributed by atoms with Gasteiger partial charge in [-0.15, -0.1) is 0 Å². The molecule has 1 heterocycles. The van der Waals surface area contributed by atoms with Crippen LogP contribution in [-0.4, -0.2) is 22.0 Å². The van der Waals surface area contributed by atoms with Crippen LogP contribution in [-0.2, 0) is 0 Å². The summed E-state index contributed by atoms with van der Waals surface area (Å²) in [6.07, 6.45) is 0. The second-order valence-corrected chi connectivity index (χ2v) is 4.09. The van der Waals surface area contributed by atoms with Gasteiger partial charge in [-0.25, -0.2) is 9.59 Å². The van der Waals surface area contributed by atoms with Crippen LogP contribution >= 0.6 is 0 Å². The second kappa shape index (κ2) is 4.32. The molecule has 17 heavy (non-hydrogen) atoms. The lowest BCUT2D eigenvalue weighted by atomic mass is 10.3. The quantitative estimate of drug-likeness (QED) is 0.632. The fourth-order valence-electron chi connectivity index (χ4n) is 1.54. The molecule has 0 radical (unpaired) electrons. The Morgan fingerprint density at radius 2 is 1.94 bits per heavy atom. The Kier molecular flexibility index (Phi) is 2.86. The van der Waals surface area contributed by atoms with Gasteiger partial charge in [-0.3, -0.25) is 0 Å². The molecule has 1 aromatic carbocycles. The lowest BCUT2D eigenvalue weighted by Crippen LogP contribution is -2.34. The van der Waals surface area contributed by atoms with Crippen molar-refractivity contribution in [1.82, 2.24) is 15.3 Å². The van der Waals surface area contributed by atoms with Gasteiger partial charge in [0.15, 0.2) is 0 Å². The van der Waals surface area contributed by atoms with Crippen LogP contribution in [0.2, 0.25) is 0 Å². The highest BCUT2D eigenvalue weighted by molar-refractivity contribution is 5.91. The van der Waals surface area contributed by atoms with Gasteiger partial charge in [0.1, 0.15) is 0 Å². The molecule has 4 N–H and O–H groups in total. The first-order valence-electron chi connectivity index (χ1n) is 5.34. The molecule has 2 rings (SSSR count). The molecule has 0 spiro atoms. The van der Waals surface area contributed by atoms with E-state index in [1.807, 2.05) is 13.8 Å². The number of urea groups is 1. The Morgan fingerprint density at radius 3 is 2.65 bits per heavy atom. The van der Waals surface area contributed by atoms with Gasteiger partial charge in [0, 0.05) is 11.7 Å². The van der Waals surface area contributed by atoms with Gasteiger partial charge >= 0.3 is 11.7 Å². The summed E-state index contributed by atoms with van der Waals surface area (Å²) in [4.78, 5) is 27.8. The molecule has 0 bridgehead atoms. The van der Waals surface area contributed by atoms with Crippen LogP contribution in [0.5, 0.6) is 0 Å². The summed E-state index contributed by atoms with van der Waals surface area (Å²) in [6.45, 7) is 3.76. The number of hydrogen-bond acceptors (Lipinski definition) is 2. The average molecular weight is 234 g/mol. The Hall–Kier alpha value is -2.24. The molecule has 2 amide bonds. The summed E-state index contributed by atoms with van der Waals surface area (Å²) in [6, 6.07) is 4.97. The van der Waals surface area contributed by atoms with Crippen LogP contribution in [0.25, 0.3) is 11.0 Å². The minimum absolute atomic E-state index is 0.0748. The molecule has 0 saturated carbocycles. The molecule has 0 fully saturated rings. The zero-order valence-corrected chi connectivity index (χ0v) is 9.63. The van der Waals surface area contributed by atoms with Gasteiger partial charge in [0.2, 0.25) is 0 Å². The second-order valence-electron chi connectivity index (χ2n) is 4.09. The highest BCUT2D eigenvalue weighted by Gasteiger charge is 2.04. The topological polar surface area (TPSA) is 89.8 Å². The molecular weight excluding hydrogens is 220 g/mol. The van der Waals surface area contributed by atoms with Crippen LogP contribution < -0.4 is 16.3 Å². The molecule has 0 saturated heterocycles. The summed E-state index contributed by atoms with van der Waals surface area (Å²) in [5.41, 5.74) is 1.75. The number of nitrogens with one attached hydrogen (secondary N) is 4. The predicted molar refractivity (Wildman–Crippen MR) is 66.2 cm³/mol. The van der Waals surface area contributed by atoms with Gasteiger partial charge in [-0.1, -0.05) is 0 Å². The maximum absolute atomic E-state index is 11.5. The van der Waals surface area contributed by atoms with E-state index < -0.39 is 0 Å². The number of aromatic amines is 2. The third kappa shape index (κ3) is 2.66. The number of fused-ring (bicyclic) bond motifs is 1. The summed E-state index contributed by atoms with van der Waals surface area (Å²) in [7, 11) is 0. The van der Waals surface area contributed by atoms with Crippen molar-refractivity contribution in [2.24, 2.45) is 0 Å². The number of anilines is 1. The van der Waals surface area contributed by atoms with Crippen molar-refractivity contribution in [2.45, 2.75) is 19.9 Å². The first-order chi connectivity index (χ1) is 8.04. The van der Waals surface area contributed by atoms with Crippen molar-refractivity contribution in [3.8, 4) is 0 Å². The van der Waals surface area contributed by atoms with E-state index in [-0.39, 0.29) is 17.8 Å². The van der Waals surface area contributed by atoms with E-state index in [1.165, 1.54) is 0 Å². The molecule has 2 aromatic rings. The van der Waals surface area contributed by atoms with Gasteiger partial charge in [0.05, 0.1) is 11.0 Å². The van der Waals surface area contributed by atoms with E-state index in [4.69, 9.17) is 0 Å². The minimum atomic E-state index is -0.266. The van der Waals surface area contributed by atoms with Crippen LogP contribution in [0, 0.1) is 0 Å². The fraction of sp³-hybridized carbons (Fsp3) is 0.273. The molecule has 0 aliphatic heterocycles. The van der Waals surface area contributed by atoms with Crippen molar-refractivity contribution in [3.05, 3.63) is 28.7 Å². The third-order valence-electron chi connectivity index (χ3n) is 2.19. The fourth-order valence-corrected chi connectivity index (χ4v) is 1.54. The highest BCUT2D eigenvalue weighted by atomic mass is 16.2. The summed E-state index contributed by atoms with van der Waals surface area (Å²) in [5.74, 6) is 0. The smallest absolute Gasteiger partial charge is 0.323 e. The molecule has 6 nitrogen and oxygen atoms in total. The Labute approximate surface area is 97.4 Å². The molecule has 0 unspecified atom stereocenters. The van der Waals surface area contributed by atoms with E-state index in [9.17, 15) is 9.59 Å². The van der Waals surface area contributed by atoms with Crippen LogP contribution in [0.1, 0.15) is 13.8 Å².